The van der Waals surface area contributed by atoms with Crippen molar-refractivity contribution in [2.45, 2.75) is 6.42 Å². The Kier molecular flexibility index (Phi) is 5.58. The third kappa shape index (κ3) is 5.23. The highest BCUT2D eigenvalue weighted by molar-refractivity contribution is 5.86. The van der Waals surface area contributed by atoms with Gasteiger partial charge in [0.25, 0.3) is 0 Å². The van der Waals surface area contributed by atoms with Gasteiger partial charge in [0.15, 0.2) is 0 Å². The van der Waals surface area contributed by atoms with Gasteiger partial charge in [0.05, 0.1) is 25.9 Å². The molecule has 3 N–H and O–H groups in total. The number of nitrogens with zero attached hydrogens (tertiary/aromatic N) is 2. The summed E-state index contributed by atoms with van der Waals surface area (Å²) in [5.41, 5.74) is 0. The van der Waals surface area contributed by atoms with Gasteiger partial charge in [-0.2, -0.15) is 0 Å². The molecule has 6 nitrogen and oxygen atoms in total. The standard InChI is InChI=1S/C13H20N4O2/c14-12(2-3-13-15-4-5-16-13)19-9-1-6-17-7-10-18-11-8-17/h2-5,14H,1,6-11H2,(H,15,16)/p+1/b3-2-,14-12?. The van der Waals surface area contributed by atoms with E-state index in [4.69, 9.17) is 14.9 Å². The summed E-state index contributed by atoms with van der Waals surface area (Å²) >= 11 is 0. The van der Waals surface area contributed by atoms with Crippen molar-refractivity contribution in [2.75, 3.05) is 39.5 Å². The van der Waals surface area contributed by atoms with E-state index in [1.54, 1.807) is 24.5 Å². The first-order valence-corrected chi connectivity index (χ1v) is 6.57. The van der Waals surface area contributed by atoms with E-state index >= 15 is 0 Å². The van der Waals surface area contributed by atoms with Gasteiger partial charge in [0.2, 0.25) is 0 Å². The van der Waals surface area contributed by atoms with Crippen LogP contribution in [-0.4, -0.2) is 60.2 Å². The maximum Gasteiger partial charge on any atom is 0.359 e. The molecule has 2 rings (SSSR count). The second-order valence-electron chi connectivity index (χ2n) is 4.37. The highest BCUT2D eigenvalue weighted by Gasteiger charge is 2.09. The van der Waals surface area contributed by atoms with Crippen molar-refractivity contribution in [1.29, 1.82) is 0 Å². The van der Waals surface area contributed by atoms with Crippen molar-refractivity contribution in [2.24, 2.45) is 0 Å². The number of hydrogen-bond donors (Lipinski definition) is 2. The lowest BCUT2D eigenvalue weighted by molar-refractivity contribution is -0.137. The largest absolute Gasteiger partial charge is 0.445 e. The van der Waals surface area contributed by atoms with Crippen LogP contribution in [0.1, 0.15) is 12.2 Å². The van der Waals surface area contributed by atoms with E-state index in [1.807, 2.05) is 0 Å². The number of nitrogens with two attached hydrogens (primary N) is 1. The molecular formula is C13H21N4O2+. The van der Waals surface area contributed by atoms with Gasteiger partial charge < -0.3 is 14.5 Å². The molecule has 6 heteroatoms. The third-order valence-electron chi connectivity index (χ3n) is 2.92. The van der Waals surface area contributed by atoms with Gasteiger partial charge in [0.1, 0.15) is 5.82 Å². The quantitative estimate of drug-likeness (QED) is 0.406. The lowest BCUT2D eigenvalue weighted by Crippen LogP contribution is -2.41. The number of imidazole rings is 1. The highest BCUT2D eigenvalue weighted by atomic mass is 16.5. The molecule has 1 aliphatic heterocycles. The topological polar surface area (TPSA) is 76.0 Å². The minimum Gasteiger partial charge on any atom is -0.445 e. The van der Waals surface area contributed by atoms with Crippen molar-refractivity contribution in [3.05, 3.63) is 24.3 Å². The SMILES string of the molecule is [NH2+]=C(/C=C\c1ncc[nH]1)OCCCN1CCOCC1. The zero-order valence-electron chi connectivity index (χ0n) is 11.0. The minimum atomic E-state index is 0.415. The summed E-state index contributed by atoms with van der Waals surface area (Å²) in [6, 6.07) is 0. The van der Waals surface area contributed by atoms with Crippen LogP contribution in [0.15, 0.2) is 18.5 Å². The van der Waals surface area contributed by atoms with Gasteiger partial charge in [-0.15, -0.1) is 0 Å². The average Bonchev–Trinajstić information content (AvgIpc) is 2.96. The van der Waals surface area contributed by atoms with Crippen molar-refractivity contribution in [3.8, 4) is 0 Å². The fraction of sp³-hybridized carbons (Fsp3) is 0.538. The molecular weight excluding hydrogens is 244 g/mol. The predicted molar refractivity (Wildman–Crippen MR) is 72.4 cm³/mol. The number of rotatable bonds is 6. The molecule has 0 saturated carbocycles. The van der Waals surface area contributed by atoms with Gasteiger partial charge in [0, 0.05) is 32.0 Å². The number of nitrogens with one attached hydrogen (secondary N) is 1. The second-order valence-corrected chi connectivity index (χ2v) is 4.37. The van der Waals surface area contributed by atoms with Crippen molar-refractivity contribution < 1.29 is 14.9 Å². The van der Waals surface area contributed by atoms with Crippen LogP contribution >= 0.6 is 0 Å². The molecule has 1 fully saturated rings. The lowest BCUT2D eigenvalue weighted by atomic mass is 10.3. The zero-order valence-corrected chi connectivity index (χ0v) is 11.0. The second kappa shape index (κ2) is 7.70. The third-order valence-corrected chi connectivity index (χ3v) is 2.92. The molecule has 2 heterocycles. The maximum absolute atomic E-state index is 5.74. The van der Waals surface area contributed by atoms with Crippen LogP contribution in [0.5, 0.6) is 0 Å². The van der Waals surface area contributed by atoms with Crippen LogP contribution < -0.4 is 5.41 Å². The van der Waals surface area contributed by atoms with E-state index < -0.39 is 0 Å². The molecule has 1 aromatic rings. The number of aromatic nitrogens is 2. The molecule has 1 aliphatic rings. The summed E-state index contributed by atoms with van der Waals surface area (Å²) < 4.78 is 10.7. The number of hydrogen-bond acceptors (Lipinski definition) is 4. The van der Waals surface area contributed by atoms with Crippen molar-refractivity contribution in [3.63, 3.8) is 0 Å². The van der Waals surface area contributed by atoms with E-state index in [2.05, 4.69) is 14.9 Å². The van der Waals surface area contributed by atoms with E-state index in [9.17, 15) is 0 Å². The Morgan fingerprint density at radius 1 is 1.53 bits per heavy atom. The van der Waals surface area contributed by atoms with Gasteiger partial charge in [-0.1, -0.05) is 0 Å². The molecule has 0 radical (unpaired) electrons. The highest BCUT2D eigenvalue weighted by Crippen LogP contribution is 1.98. The van der Waals surface area contributed by atoms with E-state index in [0.29, 0.717) is 12.5 Å². The average molecular weight is 265 g/mol. The Morgan fingerprint density at radius 2 is 2.37 bits per heavy atom. The molecule has 0 atom stereocenters. The normalized spacial score (nSPS) is 16.8. The van der Waals surface area contributed by atoms with Gasteiger partial charge in [-0.3, -0.25) is 4.90 Å². The molecule has 0 unspecified atom stereocenters. The summed E-state index contributed by atoms with van der Waals surface area (Å²) in [6.45, 7) is 5.35. The molecule has 0 bridgehead atoms. The predicted octanol–water partition coefficient (Wildman–Crippen LogP) is -0.681. The first-order valence-electron chi connectivity index (χ1n) is 6.57. The Labute approximate surface area is 112 Å². The monoisotopic (exact) mass is 265 g/mol. The molecule has 19 heavy (non-hydrogen) atoms. The van der Waals surface area contributed by atoms with E-state index in [1.165, 1.54) is 0 Å². The fourth-order valence-electron chi connectivity index (χ4n) is 1.88. The fourth-order valence-corrected chi connectivity index (χ4v) is 1.88. The van der Waals surface area contributed by atoms with Crippen molar-refractivity contribution >= 4 is 12.0 Å². The van der Waals surface area contributed by atoms with E-state index in [0.717, 1.165) is 45.1 Å². The van der Waals surface area contributed by atoms with Crippen LogP contribution in [0.2, 0.25) is 0 Å². The lowest BCUT2D eigenvalue weighted by Gasteiger charge is -2.26. The van der Waals surface area contributed by atoms with Gasteiger partial charge in [-0.05, 0) is 12.5 Å². The molecule has 104 valence electrons. The molecule has 0 amide bonds. The first-order chi connectivity index (χ1) is 9.34. The smallest absolute Gasteiger partial charge is 0.359 e. The number of aromatic amines is 1. The Bertz CT molecular complexity index is 397. The Balaban J connectivity index is 1.56. The summed E-state index contributed by atoms with van der Waals surface area (Å²) in [7, 11) is 0. The van der Waals surface area contributed by atoms with Crippen LogP contribution in [-0.2, 0) is 9.47 Å². The van der Waals surface area contributed by atoms with Crippen molar-refractivity contribution in [1.82, 2.24) is 14.9 Å². The van der Waals surface area contributed by atoms with Gasteiger partial charge >= 0.3 is 5.90 Å². The maximum atomic E-state index is 5.74. The zero-order chi connectivity index (χ0) is 13.3. The molecule has 1 saturated heterocycles. The number of H-pyrrole nitrogens is 1. The number of morpholine rings is 1. The molecule has 0 aromatic carbocycles. The molecule has 0 aliphatic carbocycles. The Morgan fingerprint density at radius 3 is 3.11 bits per heavy atom. The Hall–Kier alpha value is -1.66. The summed E-state index contributed by atoms with van der Waals surface area (Å²) in [4.78, 5) is 9.40. The molecule has 0 spiro atoms. The van der Waals surface area contributed by atoms with Crippen LogP contribution in [0.4, 0.5) is 0 Å². The van der Waals surface area contributed by atoms with Crippen LogP contribution in [0.25, 0.3) is 6.08 Å². The van der Waals surface area contributed by atoms with Crippen LogP contribution in [0.3, 0.4) is 0 Å². The summed E-state index contributed by atoms with van der Waals surface area (Å²) in [6.07, 6.45) is 7.93. The summed E-state index contributed by atoms with van der Waals surface area (Å²) in [5.74, 6) is 1.18. The first kappa shape index (κ1) is 13.8. The minimum absolute atomic E-state index is 0.415. The molecule has 1 aromatic heterocycles. The van der Waals surface area contributed by atoms with Crippen LogP contribution in [0, 0.1) is 0 Å². The number of ether oxygens (including phenoxy) is 2. The summed E-state index contributed by atoms with van der Waals surface area (Å²) in [5, 5.41) is 5.74. The van der Waals surface area contributed by atoms with Gasteiger partial charge in [-0.25, -0.2) is 10.4 Å². The van der Waals surface area contributed by atoms with E-state index in [-0.39, 0.29) is 0 Å².